The van der Waals surface area contributed by atoms with Gasteiger partial charge in [-0.05, 0) is 59.9 Å². The summed E-state index contributed by atoms with van der Waals surface area (Å²) in [6.07, 6.45) is 0.229. The highest BCUT2D eigenvalue weighted by Crippen LogP contribution is 2.55. The predicted molar refractivity (Wildman–Crippen MR) is 128 cm³/mol. The lowest BCUT2D eigenvalue weighted by molar-refractivity contribution is -0.164. The molecule has 0 saturated heterocycles. The summed E-state index contributed by atoms with van der Waals surface area (Å²) in [5.74, 6) is -1.72. The number of carbonyl (C=O) groups is 3. The van der Waals surface area contributed by atoms with Gasteiger partial charge in [0.15, 0.2) is 0 Å². The first-order chi connectivity index (χ1) is 16.1. The lowest BCUT2D eigenvalue weighted by Gasteiger charge is -2.28. The molecule has 11 heteroatoms. The Balaban J connectivity index is 3.15. The molecule has 0 aromatic heterocycles. The van der Waals surface area contributed by atoms with E-state index in [-0.39, 0.29) is 19.4 Å². The smallest absolute Gasteiger partial charge is 0.339 e. The van der Waals surface area contributed by atoms with Gasteiger partial charge in [0.05, 0.1) is 16.5 Å². The first-order valence-corrected chi connectivity index (χ1v) is 12.9. The third-order valence-electron chi connectivity index (χ3n) is 4.87. The van der Waals surface area contributed by atoms with E-state index in [9.17, 15) is 24.2 Å². The second-order valence-electron chi connectivity index (χ2n) is 10.2. The van der Waals surface area contributed by atoms with E-state index in [2.05, 4.69) is 0 Å². The van der Waals surface area contributed by atoms with Crippen molar-refractivity contribution in [1.82, 2.24) is 5.06 Å². The minimum atomic E-state index is -4.10. The maximum atomic E-state index is 14.0. The van der Waals surface area contributed by atoms with E-state index >= 15 is 0 Å². The maximum Gasteiger partial charge on any atom is 0.339 e. The first kappa shape index (κ1) is 30.8. The summed E-state index contributed by atoms with van der Waals surface area (Å²) in [4.78, 5) is 35.7. The van der Waals surface area contributed by atoms with Crippen LogP contribution in [0.3, 0.4) is 0 Å². The molecule has 1 atom stereocenters. The fraction of sp³-hybridized carbons (Fsp3) is 0.625. The minimum Gasteiger partial charge on any atom is -0.438 e. The molecule has 0 aliphatic heterocycles. The van der Waals surface area contributed by atoms with Crippen LogP contribution in [0.1, 0.15) is 60.5 Å². The lowest BCUT2D eigenvalue weighted by Crippen LogP contribution is -2.30. The minimum absolute atomic E-state index is 0.0304. The van der Waals surface area contributed by atoms with Crippen LogP contribution in [0.5, 0.6) is 0 Å². The van der Waals surface area contributed by atoms with Gasteiger partial charge in [-0.1, -0.05) is 30.3 Å². The maximum absolute atomic E-state index is 14.0. The largest absolute Gasteiger partial charge is 0.438 e. The van der Waals surface area contributed by atoms with E-state index in [0.29, 0.717) is 5.06 Å². The summed E-state index contributed by atoms with van der Waals surface area (Å²) in [6, 6.07) is 9.08. The molecule has 1 unspecified atom stereocenters. The van der Waals surface area contributed by atoms with E-state index in [4.69, 9.17) is 18.5 Å². The number of hydrogen-bond donors (Lipinski definition) is 1. The van der Waals surface area contributed by atoms with E-state index in [1.807, 2.05) is 30.3 Å². The van der Waals surface area contributed by atoms with Crippen LogP contribution in [0.2, 0.25) is 0 Å². The Bertz CT molecular complexity index is 854. The second kappa shape index (κ2) is 13.2. The van der Waals surface area contributed by atoms with Gasteiger partial charge in [0.2, 0.25) is 19.5 Å². The summed E-state index contributed by atoms with van der Waals surface area (Å²) < 4.78 is 35.2. The Morgan fingerprint density at radius 2 is 1.37 bits per heavy atom. The molecule has 0 bridgehead atoms. The quantitative estimate of drug-likeness (QED) is 0.140. The van der Waals surface area contributed by atoms with Gasteiger partial charge in [0.1, 0.15) is 0 Å². The molecule has 0 aliphatic rings. The molecule has 0 fully saturated rings. The number of rotatable bonds is 12. The van der Waals surface area contributed by atoms with Crippen LogP contribution in [-0.4, -0.2) is 53.9 Å². The van der Waals surface area contributed by atoms with Crippen molar-refractivity contribution in [3.05, 3.63) is 35.9 Å². The van der Waals surface area contributed by atoms with Gasteiger partial charge in [0.25, 0.3) is 0 Å². The highest BCUT2D eigenvalue weighted by Gasteiger charge is 2.38. The summed E-state index contributed by atoms with van der Waals surface area (Å²) in [6.45, 7) is 9.70. The van der Waals surface area contributed by atoms with Crippen LogP contribution in [0, 0.1) is 10.8 Å². The fourth-order valence-electron chi connectivity index (χ4n) is 2.67. The molecule has 198 valence electrons. The summed E-state index contributed by atoms with van der Waals surface area (Å²) >= 11 is 0. The number of carbonyl (C=O) groups excluding carboxylic acids is 3. The molecule has 1 aromatic rings. The van der Waals surface area contributed by atoms with Gasteiger partial charge in [0, 0.05) is 13.5 Å². The van der Waals surface area contributed by atoms with E-state index in [1.165, 1.54) is 6.92 Å². The van der Waals surface area contributed by atoms with Crippen molar-refractivity contribution in [2.24, 2.45) is 10.8 Å². The van der Waals surface area contributed by atoms with Gasteiger partial charge in [-0.2, -0.15) is 0 Å². The van der Waals surface area contributed by atoms with E-state index < -0.39 is 55.5 Å². The molecule has 1 rings (SSSR count). The SMILES string of the molecule is CC(=O)N(O)CCC(Cc1ccccc1)P(=O)(OCOC(=O)C(C)(C)C)OCOC(=O)C(C)(C)C. The zero-order chi connectivity index (χ0) is 26.9. The topological polar surface area (TPSA) is 129 Å². The number of hydrogen-bond acceptors (Lipinski definition) is 9. The van der Waals surface area contributed by atoms with Crippen molar-refractivity contribution in [3.8, 4) is 0 Å². The van der Waals surface area contributed by atoms with Crippen LogP contribution >= 0.6 is 7.60 Å². The van der Waals surface area contributed by atoms with Crippen molar-refractivity contribution in [2.75, 3.05) is 20.1 Å². The number of ether oxygens (including phenoxy) is 2. The van der Waals surface area contributed by atoms with Gasteiger partial charge in [-0.15, -0.1) is 0 Å². The standard InChI is InChI=1S/C24H38NO9P/c1-18(26)25(29)14-13-20(15-19-11-9-8-10-12-19)35(30,33-16-31-21(27)23(2,3)4)34-17-32-22(28)24(5,6)7/h8-12,20,29H,13-17H2,1-7H3. The molecule has 10 nitrogen and oxygen atoms in total. The van der Waals surface area contributed by atoms with Crippen molar-refractivity contribution in [3.63, 3.8) is 0 Å². The molecule has 0 heterocycles. The highest BCUT2D eigenvalue weighted by molar-refractivity contribution is 7.54. The normalized spacial score (nSPS) is 13.1. The molecule has 0 radical (unpaired) electrons. The number of esters is 2. The molecule has 1 aromatic carbocycles. The summed E-state index contributed by atoms with van der Waals surface area (Å²) in [7, 11) is -4.10. The van der Waals surface area contributed by atoms with Crippen molar-refractivity contribution in [1.29, 1.82) is 0 Å². The van der Waals surface area contributed by atoms with Crippen molar-refractivity contribution in [2.45, 2.75) is 67.0 Å². The van der Waals surface area contributed by atoms with E-state index in [1.54, 1.807) is 41.5 Å². The molecule has 0 saturated carbocycles. The Morgan fingerprint density at radius 1 is 0.914 bits per heavy atom. The predicted octanol–water partition coefficient (Wildman–Crippen LogP) is 4.55. The Kier molecular flexibility index (Phi) is 11.6. The zero-order valence-electron chi connectivity index (χ0n) is 21.6. The fourth-order valence-corrected chi connectivity index (χ4v) is 4.44. The van der Waals surface area contributed by atoms with Gasteiger partial charge >= 0.3 is 19.5 Å². The summed E-state index contributed by atoms with van der Waals surface area (Å²) in [5, 5.41) is 10.4. The molecule has 1 amide bonds. The average Bonchev–Trinajstić information content (AvgIpc) is 2.75. The number of nitrogens with zero attached hydrogens (tertiary/aromatic N) is 1. The Labute approximate surface area is 207 Å². The first-order valence-electron chi connectivity index (χ1n) is 11.3. The van der Waals surface area contributed by atoms with Crippen molar-refractivity contribution < 1.29 is 42.7 Å². The molecule has 0 spiro atoms. The average molecular weight is 516 g/mol. The number of hydroxylamine groups is 2. The van der Waals surface area contributed by atoms with Crippen molar-refractivity contribution >= 4 is 25.4 Å². The highest BCUT2D eigenvalue weighted by atomic mass is 31.2. The lowest BCUT2D eigenvalue weighted by atomic mass is 9.98. The van der Waals surface area contributed by atoms with Crippen LogP contribution in [0.4, 0.5) is 0 Å². The molecular weight excluding hydrogens is 477 g/mol. The third kappa shape index (κ3) is 10.9. The van der Waals surface area contributed by atoms with Gasteiger partial charge < -0.3 is 9.47 Å². The number of amides is 1. The molecule has 0 aliphatic carbocycles. The second-order valence-corrected chi connectivity index (χ2v) is 12.5. The van der Waals surface area contributed by atoms with Crippen LogP contribution < -0.4 is 0 Å². The molecule has 35 heavy (non-hydrogen) atoms. The van der Waals surface area contributed by atoms with Gasteiger partial charge in [-0.3, -0.25) is 33.2 Å². The van der Waals surface area contributed by atoms with Crippen LogP contribution in [0.15, 0.2) is 30.3 Å². The van der Waals surface area contributed by atoms with Crippen LogP contribution in [-0.2, 0) is 43.9 Å². The zero-order valence-corrected chi connectivity index (χ0v) is 22.5. The Hall–Kier alpha value is -2.26. The van der Waals surface area contributed by atoms with Crippen LogP contribution in [0.25, 0.3) is 0 Å². The third-order valence-corrected chi connectivity index (χ3v) is 7.13. The molecular formula is C24H38NO9P. The monoisotopic (exact) mass is 515 g/mol. The Morgan fingerprint density at radius 3 is 1.77 bits per heavy atom. The van der Waals surface area contributed by atoms with E-state index in [0.717, 1.165) is 5.56 Å². The molecule has 1 N–H and O–H groups in total. The van der Waals surface area contributed by atoms with Gasteiger partial charge in [-0.25, -0.2) is 5.06 Å². The number of benzene rings is 1. The summed E-state index contributed by atoms with van der Waals surface area (Å²) in [5.41, 5.74) is -1.67.